The number of hydrogen-bond donors (Lipinski definition) is 1. The average Bonchev–Trinajstić information content (AvgIpc) is 2.39. The van der Waals surface area contributed by atoms with Crippen molar-refractivity contribution in [3.8, 4) is 11.9 Å². The van der Waals surface area contributed by atoms with Gasteiger partial charge < -0.3 is 14.8 Å². The van der Waals surface area contributed by atoms with Gasteiger partial charge in [0.05, 0.1) is 13.7 Å². The molecule has 0 saturated carbocycles. The van der Waals surface area contributed by atoms with Gasteiger partial charge in [0.1, 0.15) is 0 Å². The Balaban J connectivity index is 1.80. The molecule has 0 aromatic carbocycles. The fraction of sp³-hybridized carbons (Fsp3) is 0.692. The molecule has 1 aliphatic heterocycles. The largest absolute Gasteiger partial charge is 0.481 e. The summed E-state index contributed by atoms with van der Waals surface area (Å²) >= 11 is 0. The van der Waals surface area contributed by atoms with Gasteiger partial charge in [0.15, 0.2) is 0 Å². The molecule has 5 heteroatoms. The van der Waals surface area contributed by atoms with Crippen LogP contribution in [0.3, 0.4) is 0 Å². The molecule has 18 heavy (non-hydrogen) atoms. The van der Waals surface area contributed by atoms with E-state index in [0.29, 0.717) is 24.4 Å². The number of rotatable bonds is 5. The van der Waals surface area contributed by atoms with E-state index in [4.69, 9.17) is 9.47 Å². The van der Waals surface area contributed by atoms with E-state index in [2.05, 4.69) is 15.3 Å². The molecule has 1 fully saturated rings. The van der Waals surface area contributed by atoms with Crippen LogP contribution in [0, 0.1) is 12.8 Å². The van der Waals surface area contributed by atoms with Gasteiger partial charge in [0.25, 0.3) is 0 Å². The van der Waals surface area contributed by atoms with Crippen molar-refractivity contribution >= 4 is 0 Å². The predicted octanol–water partition coefficient (Wildman–Crippen LogP) is 1.56. The van der Waals surface area contributed by atoms with Crippen LogP contribution in [-0.4, -0.2) is 36.8 Å². The van der Waals surface area contributed by atoms with Crippen LogP contribution in [0.25, 0.3) is 0 Å². The predicted molar refractivity (Wildman–Crippen MR) is 69.0 cm³/mol. The van der Waals surface area contributed by atoms with Crippen LogP contribution in [-0.2, 0) is 0 Å². The van der Waals surface area contributed by atoms with Crippen molar-refractivity contribution in [2.24, 2.45) is 5.92 Å². The molecule has 1 aromatic rings. The van der Waals surface area contributed by atoms with Crippen molar-refractivity contribution in [2.45, 2.75) is 26.2 Å². The third-order valence-electron chi connectivity index (χ3n) is 3.18. The first-order valence-corrected chi connectivity index (χ1v) is 6.51. The standard InChI is InChI=1S/C13H21N3O2/c1-10-8-12(17-2)16-13(15-10)18-7-5-11-4-3-6-14-9-11/h8,11,14H,3-7,9H2,1-2H3. The second-order valence-electron chi connectivity index (χ2n) is 4.68. The first-order chi connectivity index (χ1) is 8.78. The van der Waals surface area contributed by atoms with Crippen LogP contribution < -0.4 is 14.8 Å². The number of aromatic nitrogens is 2. The Labute approximate surface area is 108 Å². The number of nitrogens with zero attached hydrogens (tertiary/aromatic N) is 2. The van der Waals surface area contributed by atoms with Crippen molar-refractivity contribution in [1.29, 1.82) is 0 Å². The summed E-state index contributed by atoms with van der Waals surface area (Å²) in [5.74, 6) is 1.27. The second-order valence-corrected chi connectivity index (χ2v) is 4.68. The number of piperidine rings is 1. The highest BCUT2D eigenvalue weighted by atomic mass is 16.5. The van der Waals surface area contributed by atoms with E-state index < -0.39 is 0 Å². The van der Waals surface area contributed by atoms with Gasteiger partial charge >= 0.3 is 6.01 Å². The lowest BCUT2D eigenvalue weighted by molar-refractivity contribution is 0.236. The first kappa shape index (κ1) is 13.1. The van der Waals surface area contributed by atoms with Gasteiger partial charge in [-0.15, -0.1) is 0 Å². The summed E-state index contributed by atoms with van der Waals surface area (Å²) in [6.07, 6.45) is 3.60. The first-order valence-electron chi connectivity index (χ1n) is 6.51. The summed E-state index contributed by atoms with van der Waals surface area (Å²) in [4.78, 5) is 8.40. The van der Waals surface area contributed by atoms with Gasteiger partial charge in [-0.05, 0) is 45.2 Å². The third kappa shape index (κ3) is 3.84. The maximum Gasteiger partial charge on any atom is 0.319 e. The van der Waals surface area contributed by atoms with E-state index in [9.17, 15) is 0 Å². The number of nitrogens with one attached hydrogen (secondary N) is 1. The summed E-state index contributed by atoms with van der Waals surface area (Å²) in [6, 6.07) is 2.20. The van der Waals surface area contributed by atoms with Crippen LogP contribution in [0.15, 0.2) is 6.07 Å². The number of hydrogen-bond acceptors (Lipinski definition) is 5. The van der Waals surface area contributed by atoms with Gasteiger partial charge in [0, 0.05) is 11.8 Å². The van der Waals surface area contributed by atoms with E-state index in [-0.39, 0.29) is 0 Å². The molecule has 0 bridgehead atoms. The number of ether oxygens (including phenoxy) is 2. The lowest BCUT2D eigenvalue weighted by atomic mass is 9.97. The Bertz CT molecular complexity index is 378. The van der Waals surface area contributed by atoms with Crippen molar-refractivity contribution in [1.82, 2.24) is 15.3 Å². The Kier molecular flexibility index (Phi) is 4.75. The van der Waals surface area contributed by atoms with Gasteiger partial charge in [-0.1, -0.05) is 0 Å². The van der Waals surface area contributed by atoms with Crippen LogP contribution in [0.1, 0.15) is 25.0 Å². The number of methoxy groups -OCH3 is 1. The molecule has 2 rings (SSSR count). The highest BCUT2D eigenvalue weighted by molar-refractivity contribution is 5.17. The molecule has 5 nitrogen and oxygen atoms in total. The summed E-state index contributed by atoms with van der Waals surface area (Å²) in [6.45, 7) is 4.82. The smallest absolute Gasteiger partial charge is 0.319 e. The van der Waals surface area contributed by atoms with Crippen LogP contribution in [0.5, 0.6) is 11.9 Å². The highest BCUT2D eigenvalue weighted by Crippen LogP contribution is 2.16. The molecular formula is C13H21N3O2. The Hall–Kier alpha value is -1.36. The quantitative estimate of drug-likeness (QED) is 0.860. The number of aryl methyl sites for hydroxylation is 1. The topological polar surface area (TPSA) is 56.3 Å². The Morgan fingerprint density at radius 1 is 1.44 bits per heavy atom. The van der Waals surface area contributed by atoms with Crippen LogP contribution >= 0.6 is 0 Å². The summed E-state index contributed by atoms with van der Waals surface area (Å²) in [7, 11) is 1.60. The van der Waals surface area contributed by atoms with Gasteiger partial charge in [-0.3, -0.25) is 0 Å². The van der Waals surface area contributed by atoms with E-state index in [1.54, 1.807) is 13.2 Å². The molecule has 1 atom stereocenters. The van der Waals surface area contributed by atoms with E-state index in [1.807, 2.05) is 6.92 Å². The zero-order valence-corrected chi connectivity index (χ0v) is 11.1. The van der Waals surface area contributed by atoms with E-state index in [1.165, 1.54) is 12.8 Å². The third-order valence-corrected chi connectivity index (χ3v) is 3.18. The fourth-order valence-electron chi connectivity index (χ4n) is 2.17. The Morgan fingerprint density at radius 3 is 3.06 bits per heavy atom. The van der Waals surface area contributed by atoms with Crippen LogP contribution in [0.4, 0.5) is 0 Å². The molecule has 0 spiro atoms. The van der Waals surface area contributed by atoms with Crippen LogP contribution in [0.2, 0.25) is 0 Å². The van der Waals surface area contributed by atoms with Gasteiger partial charge in [-0.2, -0.15) is 4.98 Å². The van der Waals surface area contributed by atoms with Gasteiger partial charge in [-0.25, -0.2) is 4.98 Å². The molecule has 1 saturated heterocycles. The van der Waals surface area contributed by atoms with Crippen molar-refractivity contribution < 1.29 is 9.47 Å². The molecule has 100 valence electrons. The minimum Gasteiger partial charge on any atom is -0.481 e. The normalized spacial score (nSPS) is 19.6. The SMILES string of the molecule is COc1cc(C)nc(OCCC2CCCNC2)n1. The maximum atomic E-state index is 5.60. The molecule has 1 aliphatic rings. The molecular weight excluding hydrogens is 230 g/mol. The maximum absolute atomic E-state index is 5.60. The van der Waals surface area contributed by atoms with E-state index in [0.717, 1.165) is 25.2 Å². The lowest BCUT2D eigenvalue weighted by Gasteiger charge is -2.22. The highest BCUT2D eigenvalue weighted by Gasteiger charge is 2.13. The molecule has 0 amide bonds. The van der Waals surface area contributed by atoms with Crippen molar-refractivity contribution in [2.75, 3.05) is 26.8 Å². The van der Waals surface area contributed by atoms with Crippen molar-refractivity contribution in [3.63, 3.8) is 0 Å². The molecule has 1 N–H and O–H groups in total. The fourth-order valence-corrected chi connectivity index (χ4v) is 2.17. The summed E-state index contributed by atoms with van der Waals surface area (Å²) in [5, 5.41) is 3.40. The average molecular weight is 251 g/mol. The Morgan fingerprint density at radius 2 is 2.33 bits per heavy atom. The molecule has 2 heterocycles. The van der Waals surface area contributed by atoms with Gasteiger partial charge in [0.2, 0.25) is 5.88 Å². The molecule has 1 aromatic heterocycles. The lowest BCUT2D eigenvalue weighted by Crippen LogP contribution is -2.30. The minimum atomic E-state index is 0.413. The van der Waals surface area contributed by atoms with Crippen molar-refractivity contribution in [3.05, 3.63) is 11.8 Å². The zero-order valence-electron chi connectivity index (χ0n) is 11.1. The molecule has 0 aliphatic carbocycles. The molecule has 1 unspecified atom stereocenters. The molecule has 0 radical (unpaired) electrons. The second kappa shape index (κ2) is 6.54. The zero-order chi connectivity index (χ0) is 12.8. The summed E-state index contributed by atoms with van der Waals surface area (Å²) in [5.41, 5.74) is 0.858. The summed E-state index contributed by atoms with van der Waals surface area (Å²) < 4.78 is 10.7. The monoisotopic (exact) mass is 251 g/mol. The van der Waals surface area contributed by atoms with E-state index >= 15 is 0 Å². The minimum absolute atomic E-state index is 0.413.